The largest absolute Gasteiger partial charge is 0.497 e. The van der Waals surface area contributed by atoms with Gasteiger partial charge in [0.2, 0.25) is 5.91 Å². The molecule has 0 saturated heterocycles. The number of ether oxygens (including phenoxy) is 4. The predicted molar refractivity (Wildman–Crippen MR) is 246 cm³/mol. The molecule has 2 aromatic heterocycles. The molecule has 0 fully saturated rings. The van der Waals surface area contributed by atoms with Crippen molar-refractivity contribution in [3.8, 4) is 90.3 Å². The van der Waals surface area contributed by atoms with Crippen LogP contribution in [0.15, 0.2) is 170 Å². The lowest BCUT2D eigenvalue weighted by atomic mass is 9.99. The topological polar surface area (TPSA) is 91.8 Å². The van der Waals surface area contributed by atoms with E-state index in [4.69, 9.17) is 28.9 Å². The Balaban J connectivity index is 0.000000185. The standard InChI is InChI=1S/C27H24N2O3.C26H23NO2/c1-18(30)28-21-14-12-19(13-15-21)20-16-24(22-8-4-6-10-26(22)31-2)29-25(17-20)23-9-5-7-11-27(23)32-3;1-18-7-6-8-20(15-18)24-16-21(19-11-13-22(28-2)14-12-19)17-25(27-24)23-9-4-5-10-26(23)29-3/h4-17H,1-3H3,(H,28,30);4-17H,1-3H3. The first-order valence-corrected chi connectivity index (χ1v) is 19.8. The molecular formula is C53H47N3O5. The van der Waals surface area contributed by atoms with Gasteiger partial charge in [-0.05, 0) is 120 Å². The third-order valence-corrected chi connectivity index (χ3v) is 10.1. The van der Waals surface area contributed by atoms with Crippen LogP contribution in [0.3, 0.4) is 0 Å². The third kappa shape index (κ3) is 9.95. The van der Waals surface area contributed by atoms with Crippen LogP contribution >= 0.6 is 0 Å². The first-order chi connectivity index (χ1) is 29.8. The van der Waals surface area contributed by atoms with Gasteiger partial charge in [0.1, 0.15) is 23.0 Å². The molecule has 1 amide bonds. The van der Waals surface area contributed by atoms with Crippen molar-refractivity contribution < 1.29 is 23.7 Å². The first kappa shape index (κ1) is 41.4. The van der Waals surface area contributed by atoms with E-state index in [0.29, 0.717) is 0 Å². The summed E-state index contributed by atoms with van der Waals surface area (Å²) in [5, 5.41) is 2.80. The Bertz CT molecular complexity index is 2700. The van der Waals surface area contributed by atoms with E-state index in [2.05, 4.69) is 60.8 Å². The molecule has 0 spiro atoms. The highest BCUT2D eigenvalue weighted by atomic mass is 16.5. The van der Waals surface area contributed by atoms with Crippen LogP contribution in [0.4, 0.5) is 5.69 Å². The molecule has 0 aliphatic rings. The van der Waals surface area contributed by atoms with Gasteiger partial charge in [0, 0.05) is 34.9 Å². The summed E-state index contributed by atoms with van der Waals surface area (Å²) in [6, 6.07) is 56.2. The summed E-state index contributed by atoms with van der Waals surface area (Å²) in [7, 11) is 6.68. The maximum Gasteiger partial charge on any atom is 0.221 e. The minimum atomic E-state index is -0.0985. The predicted octanol–water partition coefficient (Wildman–Crippen LogP) is 12.5. The van der Waals surface area contributed by atoms with Gasteiger partial charge in [-0.25, -0.2) is 9.97 Å². The van der Waals surface area contributed by atoms with E-state index in [1.165, 1.54) is 12.5 Å². The second kappa shape index (κ2) is 19.4. The van der Waals surface area contributed by atoms with E-state index in [-0.39, 0.29) is 5.91 Å². The quantitative estimate of drug-likeness (QED) is 0.139. The molecule has 0 saturated carbocycles. The molecule has 0 radical (unpaired) electrons. The van der Waals surface area contributed by atoms with Gasteiger partial charge < -0.3 is 24.3 Å². The van der Waals surface area contributed by atoms with Gasteiger partial charge in [-0.2, -0.15) is 0 Å². The number of methoxy groups -OCH3 is 4. The number of benzene rings is 6. The molecule has 8 aromatic rings. The Morgan fingerprint density at radius 3 is 1.28 bits per heavy atom. The highest BCUT2D eigenvalue weighted by molar-refractivity contribution is 5.89. The Labute approximate surface area is 357 Å². The molecule has 61 heavy (non-hydrogen) atoms. The summed E-state index contributed by atoms with van der Waals surface area (Å²) in [5.74, 6) is 3.06. The van der Waals surface area contributed by atoms with Crippen LogP contribution in [-0.4, -0.2) is 44.3 Å². The van der Waals surface area contributed by atoms with Crippen molar-refractivity contribution in [2.24, 2.45) is 0 Å². The number of nitrogens with zero attached hydrogens (tertiary/aromatic N) is 2. The molecular weight excluding hydrogens is 759 g/mol. The number of carbonyl (C=O) groups excluding carboxylic acids is 1. The fraction of sp³-hybridized carbons (Fsp3) is 0.113. The van der Waals surface area contributed by atoms with Gasteiger partial charge >= 0.3 is 0 Å². The highest BCUT2D eigenvalue weighted by Crippen LogP contribution is 2.38. The SMILES string of the molecule is COc1ccc(-c2cc(-c3cccc(C)c3)nc(-c3ccccc3OC)c2)cc1.COc1ccccc1-c1cc(-c2ccc(NC(C)=O)cc2)cc(-c2ccccc2OC)n1. The number of pyridine rings is 2. The third-order valence-electron chi connectivity index (χ3n) is 10.1. The van der Waals surface area contributed by atoms with E-state index in [1.54, 1.807) is 28.4 Å². The number of rotatable bonds is 11. The summed E-state index contributed by atoms with van der Waals surface area (Å²) in [5.41, 5.74) is 13.5. The second-order valence-corrected chi connectivity index (χ2v) is 14.2. The van der Waals surface area contributed by atoms with Crippen LogP contribution in [0.25, 0.3) is 67.3 Å². The van der Waals surface area contributed by atoms with Crippen molar-refractivity contribution >= 4 is 11.6 Å². The number of aromatic nitrogens is 2. The zero-order valence-corrected chi connectivity index (χ0v) is 35.1. The Kier molecular flexibility index (Phi) is 13.2. The lowest BCUT2D eigenvalue weighted by Crippen LogP contribution is -2.05. The van der Waals surface area contributed by atoms with Gasteiger partial charge in [0.15, 0.2) is 0 Å². The summed E-state index contributed by atoms with van der Waals surface area (Å²) in [4.78, 5) is 21.3. The fourth-order valence-electron chi connectivity index (χ4n) is 7.06. The van der Waals surface area contributed by atoms with Crippen LogP contribution in [0.1, 0.15) is 12.5 Å². The van der Waals surface area contributed by atoms with Gasteiger partial charge in [-0.15, -0.1) is 0 Å². The van der Waals surface area contributed by atoms with Crippen molar-refractivity contribution in [3.63, 3.8) is 0 Å². The molecule has 8 heteroatoms. The van der Waals surface area contributed by atoms with Crippen molar-refractivity contribution in [1.82, 2.24) is 9.97 Å². The maximum absolute atomic E-state index is 11.3. The Morgan fingerprint density at radius 1 is 0.426 bits per heavy atom. The number of aryl methyl sites for hydroxylation is 1. The van der Waals surface area contributed by atoms with E-state index >= 15 is 0 Å². The number of hydrogen-bond acceptors (Lipinski definition) is 7. The van der Waals surface area contributed by atoms with Crippen LogP contribution in [0, 0.1) is 6.92 Å². The van der Waals surface area contributed by atoms with Crippen molar-refractivity contribution in [3.05, 3.63) is 175 Å². The molecule has 0 atom stereocenters. The molecule has 0 aliphatic carbocycles. The molecule has 1 N–H and O–H groups in total. The second-order valence-electron chi connectivity index (χ2n) is 14.2. The summed E-state index contributed by atoms with van der Waals surface area (Å²) in [6.07, 6.45) is 0. The van der Waals surface area contributed by atoms with Crippen molar-refractivity contribution in [1.29, 1.82) is 0 Å². The highest BCUT2D eigenvalue weighted by Gasteiger charge is 2.15. The molecule has 0 aliphatic heterocycles. The van der Waals surface area contributed by atoms with Crippen LogP contribution in [0.5, 0.6) is 23.0 Å². The van der Waals surface area contributed by atoms with E-state index in [1.807, 2.05) is 121 Å². The minimum Gasteiger partial charge on any atom is -0.497 e. The number of amides is 1. The molecule has 0 unspecified atom stereocenters. The monoisotopic (exact) mass is 805 g/mol. The average molecular weight is 806 g/mol. The van der Waals surface area contributed by atoms with Gasteiger partial charge in [-0.3, -0.25) is 4.79 Å². The first-order valence-electron chi connectivity index (χ1n) is 19.8. The smallest absolute Gasteiger partial charge is 0.221 e. The fourth-order valence-corrected chi connectivity index (χ4v) is 7.06. The number of nitrogens with one attached hydrogen (secondary N) is 1. The van der Waals surface area contributed by atoms with Gasteiger partial charge in [-0.1, -0.05) is 84.4 Å². The van der Waals surface area contributed by atoms with E-state index in [9.17, 15) is 4.79 Å². The zero-order valence-electron chi connectivity index (χ0n) is 35.1. The summed E-state index contributed by atoms with van der Waals surface area (Å²) >= 11 is 0. The van der Waals surface area contributed by atoms with Gasteiger partial charge in [0.05, 0.1) is 51.2 Å². The number of para-hydroxylation sites is 3. The van der Waals surface area contributed by atoms with Gasteiger partial charge in [0.25, 0.3) is 0 Å². The van der Waals surface area contributed by atoms with Crippen molar-refractivity contribution in [2.45, 2.75) is 13.8 Å². The average Bonchev–Trinajstić information content (AvgIpc) is 3.31. The van der Waals surface area contributed by atoms with Crippen LogP contribution in [0.2, 0.25) is 0 Å². The Hall–Kier alpha value is -7.71. The van der Waals surface area contributed by atoms with Crippen LogP contribution < -0.4 is 24.3 Å². The molecule has 2 heterocycles. The molecule has 6 aromatic carbocycles. The summed E-state index contributed by atoms with van der Waals surface area (Å²) in [6.45, 7) is 3.59. The lowest BCUT2D eigenvalue weighted by molar-refractivity contribution is -0.114. The molecule has 0 bridgehead atoms. The minimum absolute atomic E-state index is 0.0985. The number of anilines is 1. The molecule has 8 nitrogen and oxygen atoms in total. The van der Waals surface area contributed by atoms with E-state index in [0.717, 1.165) is 96.0 Å². The van der Waals surface area contributed by atoms with Crippen molar-refractivity contribution in [2.75, 3.05) is 33.8 Å². The van der Waals surface area contributed by atoms with Crippen LogP contribution in [-0.2, 0) is 4.79 Å². The zero-order chi connectivity index (χ0) is 42.7. The van der Waals surface area contributed by atoms with E-state index < -0.39 is 0 Å². The molecule has 304 valence electrons. The Morgan fingerprint density at radius 2 is 0.852 bits per heavy atom. The maximum atomic E-state index is 11.3. The lowest BCUT2D eigenvalue weighted by Gasteiger charge is -2.14. The summed E-state index contributed by atoms with van der Waals surface area (Å²) < 4.78 is 22.1. The number of hydrogen-bond donors (Lipinski definition) is 1. The molecule has 8 rings (SSSR count). The normalized spacial score (nSPS) is 10.5. The number of carbonyl (C=O) groups is 1.